The molecule has 0 bridgehead atoms. The van der Waals surface area contributed by atoms with Crippen LogP contribution < -0.4 is 0 Å². The molecular formula is C19H38. The molecule has 0 aromatic carbocycles. The third-order valence-corrected chi connectivity index (χ3v) is 6.58. The molecule has 0 aromatic rings. The summed E-state index contributed by atoms with van der Waals surface area (Å²) in [5, 5.41) is 0. The van der Waals surface area contributed by atoms with Gasteiger partial charge in [0.2, 0.25) is 0 Å². The van der Waals surface area contributed by atoms with Crippen LogP contribution in [0.15, 0.2) is 0 Å². The van der Waals surface area contributed by atoms with Gasteiger partial charge in [0, 0.05) is 0 Å². The molecule has 0 amide bonds. The second-order valence-corrected chi connectivity index (χ2v) is 7.67. The van der Waals surface area contributed by atoms with Crippen LogP contribution in [-0.4, -0.2) is 0 Å². The van der Waals surface area contributed by atoms with Crippen molar-refractivity contribution in [3.63, 3.8) is 0 Å². The molecule has 114 valence electrons. The molecule has 6 unspecified atom stereocenters. The van der Waals surface area contributed by atoms with Crippen molar-refractivity contribution in [3.05, 3.63) is 0 Å². The maximum absolute atomic E-state index is 2.54. The van der Waals surface area contributed by atoms with E-state index in [0.29, 0.717) is 0 Å². The molecule has 7 atom stereocenters. The van der Waals surface area contributed by atoms with E-state index < -0.39 is 0 Å². The lowest BCUT2D eigenvalue weighted by Crippen LogP contribution is -2.40. The van der Waals surface area contributed by atoms with Crippen molar-refractivity contribution in [1.29, 1.82) is 0 Å². The Morgan fingerprint density at radius 1 is 1.00 bits per heavy atom. The Morgan fingerprint density at radius 3 is 2.16 bits per heavy atom. The first-order chi connectivity index (χ1) is 8.93. The molecule has 1 fully saturated rings. The van der Waals surface area contributed by atoms with Crippen LogP contribution in [0.4, 0.5) is 0 Å². The SMILES string of the molecule is CCCC(C)C1CCC(C)[C@H](C)C1C(C)C(C)CC. The summed E-state index contributed by atoms with van der Waals surface area (Å²) in [5.74, 6) is 6.50. The number of hydrogen-bond acceptors (Lipinski definition) is 0. The highest BCUT2D eigenvalue weighted by atomic mass is 14.5. The molecule has 0 aliphatic heterocycles. The Hall–Kier alpha value is 0. The molecule has 0 spiro atoms. The van der Waals surface area contributed by atoms with E-state index in [-0.39, 0.29) is 0 Å². The zero-order valence-corrected chi connectivity index (χ0v) is 14.6. The molecule has 0 aromatic heterocycles. The second kappa shape index (κ2) is 7.70. The molecule has 1 aliphatic rings. The highest BCUT2D eigenvalue weighted by molar-refractivity contribution is 4.89. The monoisotopic (exact) mass is 266 g/mol. The molecule has 0 heterocycles. The first-order valence-corrected chi connectivity index (χ1v) is 8.93. The van der Waals surface area contributed by atoms with Crippen molar-refractivity contribution in [2.24, 2.45) is 41.4 Å². The molecule has 19 heavy (non-hydrogen) atoms. The summed E-state index contributed by atoms with van der Waals surface area (Å²) in [6.07, 6.45) is 7.07. The summed E-state index contributed by atoms with van der Waals surface area (Å²) >= 11 is 0. The third-order valence-electron chi connectivity index (χ3n) is 6.58. The Balaban J connectivity index is 2.87. The lowest BCUT2D eigenvalue weighted by atomic mass is 9.58. The van der Waals surface area contributed by atoms with Crippen molar-refractivity contribution in [3.8, 4) is 0 Å². The summed E-state index contributed by atoms with van der Waals surface area (Å²) in [6.45, 7) is 17.3. The summed E-state index contributed by atoms with van der Waals surface area (Å²) in [6, 6.07) is 0. The number of hydrogen-bond donors (Lipinski definition) is 0. The zero-order chi connectivity index (χ0) is 14.6. The molecule has 1 rings (SSSR count). The van der Waals surface area contributed by atoms with E-state index in [9.17, 15) is 0 Å². The van der Waals surface area contributed by atoms with Gasteiger partial charge in [-0.15, -0.1) is 0 Å². The predicted molar refractivity (Wildman–Crippen MR) is 87.2 cm³/mol. The average Bonchev–Trinajstić information content (AvgIpc) is 2.40. The van der Waals surface area contributed by atoms with Gasteiger partial charge in [-0.1, -0.05) is 74.1 Å². The summed E-state index contributed by atoms with van der Waals surface area (Å²) in [4.78, 5) is 0. The molecule has 1 aliphatic carbocycles. The van der Waals surface area contributed by atoms with Crippen LogP contribution in [0.1, 0.15) is 80.6 Å². The topological polar surface area (TPSA) is 0 Å². The quantitative estimate of drug-likeness (QED) is 0.521. The first kappa shape index (κ1) is 17.1. The largest absolute Gasteiger partial charge is 0.0654 e. The van der Waals surface area contributed by atoms with Crippen molar-refractivity contribution in [1.82, 2.24) is 0 Å². The highest BCUT2D eigenvalue weighted by Gasteiger charge is 2.40. The van der Waals surface area contributed by atoms with E-state index in [1.165, 1.54) is 32.1 Å². The van der Waals surface area contributed by atoms with Crippen LogP contribution >= 0.6 is 0 Å². The predicted octanol–water partition coefficient (Wildman–Crippen LogP) is 6.40. The third kappa shape index (κ3) is 3.99. The van der Waals surface area contributed by atoms with E-state index in [0.717, 1.165) is 41.4 Å². The first-order valence-electron chi connectivity index (χ1n) is 8.93. The molecule has 0 radical (unpaired) electrons. The van der Waals surface area contributed by atoms with Crippen LogP contribution in [0.3, 0.4) is 0 Å². The Kier molecular flexibility index (Phi) is 6.91. The van der Waals surface area contributed by atoms with Crippen LogP contribution in [-0.2, 0) is 0 Å². The van der Waals surface area contributed by atoms with Gasteiger partial charge in [-0.2, -0.15) is 0 Å². The van der Waals surface area contributed by atoms with Gasteiger partial charge in [-0.25, -0.2) is 0 Å². The lowest BCUT2D eigenvalue weighted by molar-refractivity contribution is 0.0154. The van der Waals surface area contributed by atoms with Gasteiger partial charge < -0.3 is 0 Å². The minimum atomic E-state index is 0.883. The minimum absolute atomic E-state index is 0.883. The fourth-order valence-electron chi connectivity index (χ4n) is 4.63. The standard InChI is InChI=1S/C19H38/c1-8-10-15(5)18-12-11-14(4)17(7)19(18)16(6)13(3)9-2/h13-19H,8-12H2,1-7H3/t13?,14?,15?,16?,17-,18?,19?/m0/s1. The van der Waals surface area contributed by atoms with Crippen LogP contribution in [0, 0.1) is 41.4 Å². The average molecular weight is 267 g/mol. The molecule has 0 nitrogen and oxygen atoms in total. The highest BCUT2D eigenvalue weighted by Crippen LogP contribution is 2.48. The molecule has 0 saturated heterocycles. The maximum Gasteiger partial charge on any atom is -0.0327 e. The fraction of sp³-hybridized carbons (Fsp3) is 1.00. The normalized spacial score (nSPS) is 36.8. The molecule has 1 saturated carbocycles. The van der Waals surface area contributed by atoms with E-state index in [4.69, 9.17) is 0 Å². The smallest absolute Gasteiger partial charge is 0.0327 e. The van der Waals surface area contributed by atoms with E-state index in [1.807, 2.05) is 0 Å². The second-order valence-electron chi connectivity index (χ2n) is 7.67. The Bertz CT molecular complexity index is 244. The van der Waals surface area contributed by atoms with Crippen molar-refractivity contribution >= 4 is 0 Å². The van der Waals surface area contributed by atoms with Crippen LogP contribution in [0.2, 0.25) is 0 Å². The van der Waals surface area contributed by atoms with Gasteiger partial charge in [-0.3, -0.25) is 0 Å². The summed E-state index contributed by atoms with van der Waals surface area (Å²) < 4.78 is 0. The summed E-state index contributed by atoms with van der Waals surface area (Å²) in [7, 11) is 0. The molecule has 0 N–H and O–H groups in total. The minimum Gasteiger partial charge on any atom is -0.0654 e. The van der Waals surface area contributed by atoms with Gasteiger partial charge in [0.05, 0.1) is 0 Å². The van der Waals surface area contributed by atoms with Gasteiger partial charge in [0.25, 0.3) is 0 Å². The van der Waals surface area contributed by atoms with Crippen molar-refractivity contribution < 1.29 is 0 Å². The van der Waals surface area contributed by atoms with Gasteiger partial charge in [0.15, 0.2) is 0 Å². The van der Waals surface area contributed by atoms with Gasteiger partial charge in [0.1, 0.15) is 0 Å². The lowest BCUT2D eigenvalue weighted by Gasteiger charge is -2.47. The van der Waals surface area contributed by atoms with Gasteiger partial charge in [-0.05, 0) is 47.8 Å². The zero-order valence-electron chi connectivity index (χ0n) is 14.6. The fourth-order valence-corrected chi connectivity index (χ4v) is 4.63. The van der Waals surface area contributed by atoms with Crippen LogP contribution in [0.5, 0.6) is 0 Å². The maximum atomic E-state index is 2.54. The van der Waals surface area contributed by atoms with Crippen molar-refractivity contribution in [2.75, 3.05) is 0 Å². The van der Waals surface area contributed by atoms with Gasteiger partial charge >= 0.3 is 0 Å². The van der Waals surface area contributed by atoms with E-state index in [1.54, 1.807) is 0 Å². The molecule has 0 heteroatoms. The van der Waals surface area contributed by atoms with Crippen molar-refractivity contribution in [2.45, 2.75) is 80.6 Å². The Morgan fingerprint density at radius 2 is 1.63 bits per heavy atom. The molecular weight excluding hydrogens is 228 g/mol. The summed E-state index contributed by atoms with van der Waals surface area (Å²) in [5.41, 5.74) is 0. The van der Waals surface area contributed by atoms with E-state index in [2.05, 4.69) is 48.5 Å². The Labute approximate surface area is 122 Å². The van der Waals surface area contributed by atoms with Crippen LogP contribution in [0.25, 0.3) is 0 Å². The van der Waals surface area contributed by atoms with E-state index >= 15 is 0 Å². The number of rotatable bonds is 6.